The van der Waals surface area contributed by atoms with E-state index in [2.05, 4.69) is 5.32 Å². The van der Waals surface area contributed by atoms with Gasteiger partial charge in [0.25, 0.3) is 5.91 Å². The van der Waals surface area contributed by atoms with Crippen molar-refractivity contribution in [3.8, 4) is 0 Å². The summed E-state index contributed by atoms with van der Waals surface area (Å²) in [6.07, 6.45) is 6.06. The third kappa shape index (κ3) is 2.61. The van der Waals surface area contributed by atoms with Crippen molar-refractivity contribution in [1.82, 2.24) is 10.2 Å². The van der Waals surface area contributed by atoms with E-state index >= 15 is 0 Å². The minimum atomic E-state index is -0.00843. The lowest BCUT2D eigenvalue weighted by Crippen LogP contribution is -2.43. The fraction of sp³-hybridized carbons (Fsp3) is 0.769. The van der Waals surface area contributed by atoms with E-state index < -0.39 is 0 Å². The first kappa shape index (κ1) is 11.8. The predicted molar refractivity (Wildman–Crippen MR) is 65.7 cm³/mol. The highest BCUT2D eigenvalue weighted by molar-refractivity contribution is 5.91. The van der Waals surface area contributed by atoms with E-state index in [9.17, 15) is 4.79 Å². The third-order valence-corrected chi connectivity index (χ3v) is 3.69. The zero-order valence-electron chi connectivity index (χ0n) is 10.6. The van der Waals surface area contributed by atoms with Gasteiger partial charge in [-0.15, -0.1) is 0 Å². The summed E-state index contributed by atoms with van der Waals surface area (Å²) in [5, 5.41) is 3.44. The molecule has 1 amide bonds. The molecule has 1 aliphatic carbocycles. The monoisotopic (exact) mass is 252 g/mol. The molecule has 5 nitrogen and oxygen atoms in total. The first-order chi connectivity index (χ1) is 8.84. The van der Waals surface area contributed by atoms with Gasteiger partial charge in [0, 0.05) is 18.6 Å². The average molecular weight is 252 g/mol. The van der Waals surface area contributed by atoms with Gasteiger partial charge in [-0.3, -0.25) is 4.79 Å². The predicted octanol–water partition coefficient (Wildman–Crippen LogP) is 0.618. The average Bonchev–Trinajstić information content (AvgIpc) is 3.13. The van der Waals surface area contributed by atoms with Crippen molar-refractivity contribution < 1.29 is 14.3 Å². The topological polar surface area (TPSA) is 50.8 Å². The molecule has 100 valence electrons. The maximum absolute atomic E-state index is 12.4. The summed E-state index contributed by atoms with van der Waals surface area (Å²) in [5.41, 5.74) is 0. The lowest BCUT2D eigenvalue weighted by atomic mass is 10.2. The number of amides is 1. The fourth-order valence-electron chi connectivity index (χ4n) is 2.56. The summed E-state index contributed by atoms with van der Waals surface area (Å²) in [7, 11) is 0. The highest BCUT2D eigenvalue weighted by atomic mass is 16.6. The number of hydrogen-bond acceptors (Lipinski definition) is 4. The highest BCUT2D eigenvalue weighted by Crippen LogP contribution is 2.29. The molecule has 1 saturated heterocycles. The molecule has 0 spiro atoms. The Hall–Kier alpha value is -1.23. The molecule has 0 aromatic rings. The van der Waals surface area contributed by atoms with Crippen LogP contribution in [0.4, 0.5) is 0 Å². The summed E-state index contributed by atoms with van der Waals surface area (Å²) in [5.74, 6) is 0.358. The molecular formula is C13H20N2O3. The molecule has 0 radical (unpaired) electrons. The Balaban J connectivity index is 1.64. The van der Waals surface area contributed by atoms with E-state index in [-0.39, 0.29) is 5.91 Å². The molecule has 1 unspecified atom stereocenters. The molecule has 1 N–H and O–H groups in total. The molecule has 1 saturated carbocycles. The summed E-state index contributed by atoms with van der Waals surface area (Å²) >= 11 is 0. The molecule has 3 aliphatic rings. The van der Waals surface area contributed by atoms with Crippen LogP contribution in [-0.4, -0.2) is 49.2 Å². The van der Waals surface area contributed by atoms with Crippen molar-refractivity contribution in [3.63, 3.8) is 0 Å². The van der Waals surface area contributed by atoms with Crippen LogP contribution in [0.2, 0.25) is 0 Å². The van der Waals surface area contributed by atoms with Crippen LogP contribution >= 0.6 is 0 Å². The second-order valence-corrected chi connectivity index (χ2v) is 5.18. The van der Waals surface area contributed by atoms with Crippen molar-refractivity contribution in [2.75, 3.05) is 26.3 Å². The van der Waals surface area contributed by atoms with Crippen LogP contribution < -0.4 is 5.32 Å². The molecule has 2 heterocycles. The van der Waals surface area contributed by atoms with Crippen LogP contribution in [0.3, 0.4) is 0 Å². The van der Waals surface area contributed by atoms with Crippen molar-refractivity contribution in [1.29, 1.82) is 0 Å². The van der Waals surface area contributed by atoms with E-state index in [1.54, 1.807) is 0 Å². The minimum absolute atomic E-state index is 0.00843. The van der Waals surface area contributed by atoms with Gasteiger partial charge in [-0.1, -0.05) is 0 Å². The Kier molecular flexibility index (Phi) is 3.41. The van der Waals surface area contributed by atoms with Crippen molar-refractivity contribution in [2.45, 2.75) is 37.8 Å². The van der Waals surface area contributed by atoms with Crippen LogP contribution in [0.1, 0.15) is 25.7 Å². The number of nitrogens with one attached hydrogen (secondary N) is 1. The maximum atomic E-state index is 12.4. The lowest BCUT2D eigenvalue weighted by molar-refractivity contribution is -0.133. The molecule has 0 bridgehead atoms. The molecular weight excluding hydrogens is 232 g/mol. The fourth-order valence-corrected chi connectivity index (χ4v) is 2.56. The Bertz CT molecular complexity index is 346. The minimum Gasteiger partial charge on any atom is -0.494 e. The Morgan fingerprint density at radius 1 is 1.39 bits per heavy atom. The van der Waals surface area contributed by atoms with Crippen molar-refractivity contribution in [2.24, 2.45) is 0 Å². The highest BCUT2D eigenvalue weighted by Gasteiger charge is 2.36. The van der Waals surface area contributed by atoms with Gasteiger partial charge in [-0.05, 0) is 32.2 Å². The van der Waals surface area contributed by atoms with Crippen LogP contribution in [0.25, 0.3) is 0 Å². The molecule has 5 heteroatoms. The second kappa shape index (κ2) is 5.18. The van der Waals surface area contributed by atoms with Crippen molar-refractivity contribution >= 4 is 5.91 Å². The molecule has 1 atom stereocenters. The van der Waals surface area contributed by atoms with Gasteiger partial charge in [0.05, 0.1) is 0 Å². The second-order valence-electron chi connectivity index (χ2n) is 5.18. The van der Waals surface area contributed by atoms with Crippen LogP contribution in [-0.2, 0) is 14.3 Å². The normalized spacial score (nSPS) is 27.1. The molecule has 18 heavy (non-hydrogen) atoms. The summed E-state index contributed by atoms with van der Waals surface area (Å²) in [6, 6.07) is 0.853. The van der Waals surface area contributed by atoms with E-state index in [0.717, 1.165) is 32.4 Å². The molecule has 3 rings (SSSR count). The molecule has 0 aromatic carbocycles. The van der Waals surface area contributed by atoms with Gasteiger partial charge in [-0.25, -0.2) is 0 Å². The number of ether oxygens (including phenoxy) is 2. The van der Waals surface area contributed by atoms with Gasteiger partial charge < -0.3 is 19.7 Å². The van der Waals surface area contributed by atoms with Gasteiger partial charge in [0.1, 0.15) is 19.5 Å². The molecule has 2 fully saturated rings. The maximum Gasteiger partial charge on any atom is 0.292 e. The first-order valence-electron chi connectivity index (χ1n) is 6.83. The Labute approximate surface area is 107 Å². The van der Waals surface area contributed by atoms with E-state index in [0.29, 0.717) is 31.1 Å². The van der Waals surface area contributed by atoms with Gasteiger partial charge >= 0.3 is 0 Å². The quantitative estimate of drug-likeness (QED) is 0.797. The number of hydrogen-bond donors (Lipinski definition) is 1. The van der Waals surface area contributed by atoms with Crippen LogP contribution in [0.15, 0.2) is 12.0 Å². The number of carbonyl (C=O) groups excluding carboxylic acids is 1. The number of nitrogens with zero attached hydrogens (tertiary/aromatic N) is 1. The van der Waals surface area contributed by atoms with Gasteiger partial charge in [0.15, 0.2) is 0 Å². The zero-order valence-corrected chi connectivity index (χ0v) is 10.6. The number of rotatable bonds is 4. The molecule has 0 aromatic heterocycles. The van der Waals surface area contributed by atoms with Gasteiger partial charge in [0.2, 0.25) is 5.76 Å². The zero-order chi connectivity index (χ0) is 12.4. The van der Waals surface area contributed by atoms with E-state index in [4.69, 9.17) is 9.47 Å². The summed E-state index contributed by atoms with van der Waals surface area (Å²) in [6.45, 7) is 2.87. The smallest absolute Gasteiger partial charge is 0.292 e. The van der Waals surface area contributed by atoms with Crippen molar-refractivity contribution in [3.05, 3.63) is 12.0 Å². The van der Waals surface area contributed by atoms with E-state index in [1.807, 2.05) is 4.90 Å². The summed E-state index contributed by atoms with van der Waals surface area (Å²) in [4.78, 5) is 14.4. The largest absolute Gasteiger partial charge is 0.494 e. The Morgan fingerprint density at radius 3 is 2.89 bits per heavy atom. The first-order valence-corrected chi connectivity index (χ1v) is 6.83. The van der Waals surface area contributed by atoms with Gasteiger partial charge in [-0.2, -0.15) is 0 Å². The third-order valence-electron chi connectivity index (χ3n) is 3.69. The number of carbonyl (C=O) groups is 1. The van der Waals surface area contributed by atoms with E-state index in [1.165, 1.54) is 12.7 Å². The Morgan fingerprint density at radius 2 is 2.28 bits per heavy atom. The SMILES string of the molecule is O=C(C1=COCCO1)N(CC1CCCN1)C1CC1. The molecule has 2 aliphatic heterocycles. The lowest BCUT2D eigenvalue weighted by Gasteiger charge is -2.27. The van der Waals surface area contributed by atoms with Crippen LogP contribution in [0, 0.1) is 0 Å². The summed E-state index contributed by atoms with van der Waals surface area (Å²) < 4.78 is 10.6. The standard InChI is InChI=1S/C13H20N2O3/c16-13(12-9-17-6-7-18-12)15(11-3-4-11)8-10-2-1-5-14-10/h9-11,14H,1-8H2. The van der Waals surface area contributed by atoms with Crippen LogP contribution in [0.5, 0.6) is 0 Å².